The normalized spacial score (nSPS) is 13.8. The van der Waals surface area contributed by atoms with Crippen LogP contribution in [0.3, 0.4) is 0 Å². The first kappa shape index (κ1) is 40.0. The first-order valence-electron chi connectivity index (χ1n) is 16.1. The molecule has 0 spiro atoms. The minimum atomic E-state index is -2.16. The second-order valence-corrected chi connectivity index (χ2v) is 12.6. The number of nitrogens with one attached hydrogen (secondary N) is 5. The molecule has 6 N–H and O–H groups in total. The van der Waals surface area contributed by atoms with E-state index in [1.54, 1.807) is 27.7 Å². The van der Waals surface area contributed by atoms with Crippen LogP contribution in [0.1, 0.15) is 76.7 Å². The second kappa shape index (κ2) is 19.0. The molecule has 266 valence electrons. The Morgan fingerprint density at radius 2 is 1.29 bits per heavy atom. The van der Waals surface area contributed by atoms with Gasteiger partial charge in [-0.15, -0.1) is 0 Å². The molecule has 0 unspecified atom stereocenters. The van der Waals surface area contributed by atoms with Gasteiger partial charge in [-0.05, 0) is 56.9 Å². The van der Waals surface area contributed by atoms with Gasteiger partial charge in [-0.3, -0.25) is 19.2 Å². The molecule has 2 aromatic rings. The van der Waals surface area contributed by atoms with Gasteiger partial charge in [-0.1, -0.05) is 58.0 Å². The van der Waals surface area contributed by atoms with E-state index in [0.717, 1.165) is 5.56 Å². The zero-order valence-corrected chi connectivity index (χ0v) is 28.2. The Bertz CT molecular complexity index is 1380. The van der Waals surface area contributed by atoms with E-state index in [1.165, 1.54) is 0 Å². The van der Waals surface area contributed by atoms with Crippen molar-refractivity contribution in [2.24, 2.45) is 11.8 Å². The molecule has 48 heavy (non-hydrogen) atoms. The maximum Gasteiger partial charge on any atom is 0.258 e. The molecular weight excluding hydrogens is 634 g/mol. The molecule has 4 atom stereocenters. The minimum absolute atomic E-state index is 0.0610. The number of likely N-dealkylation sites (N-methyl/N-ethyl adjacent to an activating group) is 1. The van der Waals surface area contributed by atoms with Crippen LogP contribution >= 0.6 is 0 Å². The summed E-state index contributed by atoms with van der Waals surface area (Å²) >= 11 is 0. The van der Waals surface area contributed by atoms with Crippen molar-refractivity contribution in [2.45, 2.75) is 91.4 Å². The van der Waals surface area contributed by atoms with Crippen LogP contribution in [0.2, 0.25) is 0 Å². The summed E-state index contributed by atoms with van der Waals surface area (Å²) in [7, 11) is 0. The average molecular weight is 682 g/mol. The van der Waals surface area contributed by atoms with E-state index >= 15 is 0 Å². The summed E-state index contributed by atoms with van der Waals surface area (Å²) in [6.07, 6.45) is 1.00. The lowest BCUT2D eigenvalue weighted by molar-refractivity contribution is -0.130. The summed E-state index contributed by atoms with van der Waals surface area (Å²) in [4.78, 5) is 52.4. The fourth-order valence-electron chi connectivity index (χ4n) is 5.05. The van der Waals surface area contributed by atoms with E-state index in [2.05, 4.69) is 26.6 Å². The van der Waals surface area contributed by atoms with Gasteiger partial charge in [0.15, 0.2) is 17.4 Å². The fourth-order valence-corrected chi connectivity index (χ4v) is 5.05. The molecule has 0 saturated carbocycles. The molecule has 0 radical (unpaired) electrons. The number of hydrogen-bond donors (Lipinski definition) is 6. The van der Waals surface area contributed by atoms with Gasteiger partial charge in [0.1, 0.15) is 17.6 Å². The van der Waals surface area contributed by atoms with Crippen molar-refractivity contribution >= 4 is 23.6 Å². The monoisotopic (exact) mass is 681 g/mol. The topological polar surface area (TPSA) is 149 Å². The Morgan fingerprint density at radius 3 is 1.83 bits per heavy atom. The number of halogens is 4. The lowest BCUT2D eigenvalue weighted by Gasteiger charge is -2.28. The van der Waals surface area contributed by atoms with Gasteiger partial charge >= 0.3 is 0 Å². The van der Waals surface area contributed by atoms with Gasteiger partial charge in [0.05, 0.1) is 6.04 Å². The Labute approximate surface area is 278 Å². The molecule has 0 aliphatic heterocycles. The van der Waals surface area contributed by atoms with Gasteiger partial charge in [0, 0.05) is 19.1 Å². The predicted molar refractivity (Wildman–Crippen MR) is 173 cm³/mol. The molecular formula is C34H47F4N5O5. The van der Waals surface area contributed by atoms with Crippen LogP contribution in [0.25, 0.3) is 0 Å². The molecule has 0 aliphatic carbocycles. The summed E-state index contributed by atoms with van der Waals surface area (Å²) in [6.45, 7) is 11.6. The molecule has 0 fully saturated rings. The third-order valence-corrected chi connectivity index (χ3v) is 7.51. The molecule has 0 bridgehead atoms. The molecule has 4 amide bonds. The van der Waals surface area contributed by atoms with Crippen LogP contribution in [0, 0.1) is 35.1 Å². The van der Waals surface area contributed by atoms with Crippen molar-refractivity contribution < 1.29 is 41.8 Å². The Hall–Kier alpha value is -4.20. The van der Waals surface area contributed by atoms with Crippen molar-refractivity contribution in [3.63, 3.8) is 0 Å². The highest BCUT2D eigenvalue weighted by molar-refractivity contribution is 5.99. The number of phenolic OH excluding ortho intramolecular Hbond substituents is 1. The van der Waals surface area contributed by atoms with Crippen LogP contribution in [0.5, 0.6) is 5.75 Å². The van der Waals surface area contributed by atoms with Crippen molar-refractivity contribution in [3.05, 3.63) is 64.7 Å². The number of carbonyl (C=O) groups is 4. The first-order chi connectivity index (χ1) is 22.6. The van der Waals surface area contributed by atoms with Crippen LogP contribution in [0.15, 0.2) is 30.3 Å². The summed E-state index contributed by atoms with van der Waals surface area (Å²) in [5.74, 6) is -13.8. The zero-order chi connectivity index (χ0) is 36.1. The Balaban J connectivity index is 2.33. The summed E-state index contributed by atoms with van der Waals surface area (Å²) in [5, 5.41) is 22.9. The molecule has 10 nitrogen and oxygen atoms in total. The number of aryl methyl sites for hydroxylation is 1. The standard InChI is InChI=1S/C34H47F4N5O5/c1-7-39-31(45)20(6)40-17-22(15-18(2)3)41-32(46)23(14-13-21-11-9-8-10-12-21)42-33(47)24(16-19(4)5)43-34(48)25-26(35)28(37)30(44)29(38)27(25)36/h8-12,18-20,22-24,40,44H,7,13-17H2,1-6H3,(H,39,45)(H,41,46)(H,42,47)(H,43,48)/t20-,22-,23-,24-/m0/s1. The maximum atomic E-state index is 14.5. The van der Waals surface area contributed by atoms with Crippen molar-refractivity contribution in [1.29, 1.82) is 0 Å². The van der Waals surface area contributed by atoms with Crippen LogP contribution in [-0.2, 0) is 20.8 Å². The second-order valence-electron chi connectivity index (χ2n) is 12.6. The zero-order valence-electron chi connectivity index (χ0n) is 28.2. The molecule has 2 rings (SSSR count). The Morgan fingerprint density at radius 1 is 0.729 bits per heavy atom. The van der Waals surface area contributed by atoms with Crippen molar-refractivity contribution in [3.8, 4) is 5.75 Å². The molecule has 0 aromatic heterocycles. The smallest absolute Gasteiger partial charge is 0.258 e. The summed E-state index contributed by atoms with van der Waals surface area (Å²) in [5.41, 5.74) is -0.760. The summed E-state index contributed by atoms with van der Waals surface area (Å²) < 4.78 is 56.9. The van der Waals surface area contributed by atoms with Gasteiger partial charge in [0.25, 0.3) is 5.91 Å². The fraction of sp³-hybridized carbons (Fsp3) is 0.529. The predicted octanol–water partition coefficient (Wildman–Crippen LogP) is 3.86. The largest absolute Gasteiger partial charge is 0.503 e. The van der Waals surface area contributed by atoms with Crippen LogP contribution in [0.4, 0.5) is 17.6 Å². The third kappa shape index (κ3) is 11.8. The third-order valence-electron chi connectivity index (χ3n) is 7.51. The summed E-state index contributed by atoms with van der Waals surface area (Å²) in [6, 6.07) is 5.63. The quantitative estimate of drug-likeness (QED) is 0.104. The number of benzene rings is 2. The van der Waals surface area contributed by atoms with Crippen LogP contribution < -0.4 is 26.6 Å². The van der Waals surface area contributed by atoms with E-state index < -0.39 is 76.5 Å². The molecule has 0 saturated heterocycles. The number of aromatic hydroxyl groups is 1. The molecule has 0 aliphatic rings. The Kier molecular flexibility index (Phi) is 15.8. The van der Waals surface area contributed by atoms with Gasteiger partial charge in [0.2, 0.25) is 29.4 Å². The number of hydrogen-bond acceptors (Lipinski definition) is 6. The number of phenols is 1. The van der Waals surface area contributed by atoms with Gasteiger partial charge in [-0.25, -0.2) is 8.78 Å². The van der Waals surface area contributed by atoms with E-state index in [-0.39, 0.29) is 37.1 Å². The number of amides is 4. The first-order valence-corrected chi connectivity index (χ1v) is 16.1. The highest BCUT2D eigenvalue weighted by atomic mass is 19.2. The van der Waals surface area contributed by atoms with E-state index in [1.807, 2.05) is 44.2 Å². The molecule has 0 heterocycles. The van der Waals surface area contributed by atoms with Gasteiger partial charge in [-0.2, -0.15) is 8.78 Å². The maximum absolute atomic E-state index is 14.5. The van der Waals surface area contributed by atoms with Crippen molar-refractivity contribution in [1.82, 2.24) is 26.6 Å². The van der Waals surface area contributed by atoms with Crippen molar-refractivity contribution in [2.75, 3.05) is 13.1 Å². The lowest BCUT2D eigenvalue weighted by Crippen LogP contribution is -2.57. The van der Waals surface area contributed by atoms with E-state index in [4.69, 9.17) is 0 Å². The highest BCUT2D eigenvalue weighted by Gasteiger charge is 2.33. The number of rotatable bonds is 18. The highest BCUT2D eigenvalue weighted by Crippen LogP contribution is 2.29. The molecule has 2 aromatic carbocycles. The number of carbonyl (C=O) groups excluding carboxylic acids is 4. The lowest BCUT2D eigenvalue weighted by atomic mass is 9.99. The van der Waals surface area contributed by atoms with E-state index in [9.17, 15) is 41.8 Å². The minimum Gasteiger partial charge on any atom is -0.503 e. The van der Waals surface area contributed by atoms with E-state index in [0.29, 0.717) is 19.4 Å². The SMILES string of the molecule is CCNC(=O)[C@H](C)NC[C@H](CC(C)C)NC(=O)[C@H](CCc1ccccc1)NC(=O)[C@H](CC(C)C)NC(=O)c1c(F)c(F)c(O)c(F)c1F. The van der Waals surface area contributed by atoms with Gasteiger partial charge < -0.3 is 31.7 Å². The average Bonchev–Trinajstić information content (AvgIpc) is 3.03. The van der Waals surface area contributed by atoms with Crippen LogP contribution in [-0.4, -0.2) is 66.0 Å². The molecule has 14 heteroatoms.